The van der Waals surface area contributed by atoms with Crippen molar-refractivity contribution in [2.75, 3.05) is 14.2 Å². The van der Waals surface area contributed by atoms with Gasteiger partial charge in [0, 0.05) is 20.4 Å². The van der Waals surface area contributed by atoms with Gasteiger partial charge in [0.05, 0.1) is 20.3 Å². The van der Waals surface area contributed by atoms with Gasteiger partial charge in [0.25, 0.3) is 0 Å². The molecule has 0 radical (unpaired) electrons. The van der Waals surface area contributed by atoms with Crippen LogP contribution in [0.15, 0.2) is 119 Å². The van der Waals surface area contributed by atoms with E-state index < -0.39 is 24.1 Å². The summed E-state index contributed by atoms with van der Waals surface area (Å²) in [6.07, 6.45) is 25.9. The fourth-order valence-corrected chi connectivity index (χ4v) is 6.30. The van der Waals surface area contributed by atoms with Crippen molar-refractivity contribution in [3.63, 3.8) is 0 Å². The van der Waals surface area contributed by atoms with Gasteiger partial charge in [-0.15, -0.1) is 0 Å². The van der Waals surface area contributed by atoms with Crippen molar-refractivity contribution < 1.29 is 81.0 Å². The molecule has 21 nitrogen and oxygen atoms in total. The van der Waals surface area contributed by atoms with Crippen molar-refractivity contribution in [1.29, 1.82) is 0 Å². The molecule has 0 spiro atoms. The minimum Gasteiger partial charge on any atom is -0.464 e. The van der Waals surface area contributed by atoms with Crippen molar-refractivity contribution in [3.8, 4) is 46.3 Å². The summed E-state index contributed by atoms with van der Waals surface area (Å²) in [6.45, 7) is 4.39. The Morgan fingerprint density at radius 2 is 1.04 bits per heavy atom. The molecule has 70 heavy (non-hydrogen) atoms. The standard InChI is InChI=1S/C25H26N4O7.C17H20N4O5.C6H8.H2O.Pd/c1-3-4-6-11-17(29-25(31)36-12-16-9-7-5-8-10-16)21-26-18(13-33-21)22-27-19(14-34-22)23-28-20(15-35-23)24(30)32-2;1-3-4-5-6-10(18)14-19-11(7-24-14)15-20-12(8-25-15)16-21-13(9-26-16)17(22)23-2;1-2-4-6-5-3-1;;/h5,7-10,13-15,17H,3-4,6,11-12H2,1-2H3,(H,29,31);7-10H,3-6,18H2,1-2H3;1-2,5-6H,3-4H2;1H2;. The van der Waals surface area contributed by atoms with Gasteiger partial charge in [-0.3, -0.25) is 0 Å². The largest absolute Gasteiger partial charge is 0.464 e. The maximum Gasteiger partial charge on any atom is 0.408 e. The predicted molar refractivity (Wildman–Crippen MR) is 247 cm³/mol. The second kappa shape index (κ2) is 28.9. The van der Waals surface area contributed by atoms with Crippen LogP contribution in [-0.2, 0) is 41.2 Å². The monoisotopic (exact) mass is 1060 g/mol. The molecule has 0 fully saturated rings. The van der Waals surface area contributed by atoms with Crippen molar-refractivity contribution in [2.24, 2.45) is 5.73 Å². The summed E-state index contributed by atoms with van der Waals surface area (Å²) >= 11 is 0. The van der Waals surface area contributed by atoms with Gasteiger partial charge in [-0.25, -0.2) is 44.3 Å². The number of carbonyl (C=O) groups excluding carboxylic acids is 3. The number of rotatable bonds is 19. The van der Waals surface area contributed by atoms with Crippen molar-refractivity contribution in [1.82, 2.24) is 35.2 Å². The van der Waals surface area contributed by atoms with Crippen molar-refractivity contribution in [2.45, 2.75) is 96.7 Å². The van der Waals surface area contributed by atoms with E-state index in [2.05, 4.69) is 82.8 Å². The Bertz CT molecular complexity index is 2680. The SMILES string of the molecule is C1=CCC=CC1.CCCCCC(N)c1nc(-c2nc(-c3nc(C(=O)OC)co3)co2)co1.CCCCCC(NC(=O)OCc1ccccc1)c1nc(-c2nc(-c3nc(C(=O)OC)co3)co2)co1.O.[Pd]. The normalized spacial score (nSPS) is 12.2. The molecule has 0 bridgehead atoms. The first-order valence-corrected chi connectivity index (χ1v) is 22.1. The summed E-state index contributed by atoms with van der Waals surface area (Å²) in [5, 5.41) is 2.84. The number of amides is 1. The van der Waals surface area contributed by atoms with Crippen LogP contribution < -0.4 is 11.1 Å². The summed E-state index contributed by atoms with van der Waals surface area (Å²) in [5.74, 6) is 0.169. The zero-order chi connectivity index (χ0) is 48.1. The number of alkyl carbamates (subject to hydrolysis) is 1. The van der Waals surface area contributed by atoms with Crippen LogP contribution in [0, 0.1) is 0 Å². The van der Waals surface area contributed by atoms with Gasteiger partial charge in [0.2, 0.25) is 35.3 Å². The van der Waals surface area contributed by atoms with Gasteiger partial charge in [-0.2, -0.15) is 0 Å². The Hall–Kier alpha value is -7.25. The van der Waals surface area contributed by atoms with E-state index in [1.807, 2.05) is 30.3 Å². The zero-order valence-corrected chi connectivity index (χ0v) is 40.6. The molecule has 6 aromatic heterocycles. The first-order chi connectivity index (χ1) is 33.2. The molecule has 1 aromatic carbocycles. The van der Waals surface area contributed by atoms with Crippen LogP contribution in [0.2, 0.25) is 0 Å². The molecule has 1 aliphatic rings. The summed E-state index contributed by atoms with van der Waals surface area (Å²) in [4.78, 5) is 60.9. The number of hydrogen-bond donors (Lipinski definition) is 2. The number of carbonyl (C=O) groups is 3. The van der Waals surface area contributed by atoms with Crippen LogP contribution >= 0.6 is 0 Å². The van der Waals surface area contributed by atoms with E-state index in [9.17, 15) is 14.4 Å². The Labute approximate surface area is 416 Å². The molecule has 0 aliphatic heterocycles. The number of unbranched alkanes of at least 4 members (excludes halogenated alkanes) is 4. The molecular formula is C48H56N8O13Pd. The minimum atomic E-state index is -0.626. The molecule has 7 aromatic rings. The van der Waals surface area contributed by atoms with Crippen LogP contribution in [0.4, 0.5) is 4.79 Å². The Morgan fingerprint density at radius 3 is 1.54 bits per heavy atom. The van der Waals surface area contributed by atoms with Gasteiger partial charge >= 0.3 is 18.0 Å². The Balaban J connectivity index is 0.000000274. The second-order valence-electron chi connectivity index (χ2n) is 15.0. The van der Waals surface area contributed by atoms with E-state index in [0.29, 0.717) is 35.3 Å². The number of oxazole rings is 6. The number of allylic oxidation sites excluding steroid dienone is 4. The number of nitrogens with one attached hydrogen (secondary N) is 1. The molecule has 6 heterocycles. The molecule has 2 unspecified atom stereocenters. The topological polar surface area (TPSA) is 305 Å². The summed E-state index contributed by atoms with van der Waals surface area (Å²) in [6, 6.07) is 8.67. The van der Waals surface area contributed by atoms with Gasteiger partial charge in [0.15, 0.2) is 34.2 Å². The van der Waals surface area contributed by atoms with E-state index in [1.54, 1.807) is 0 Å². The first kappa shape index (κ1) is 55.3. The number of esters is 2. The molecule has 0 saturated heterocycles. The fourth-order valence-electron chi connectivity index (χ4n) is 6.30. The number of hydrogen-bond acceptors (Lipinski definition) is 19. The first-order valence-electron chi connectivity index (χ1n) is 22.1. The van der Waals surface area contributed by atoms with E-state index in [0.717, 1.165) is 63.4 Å². The Morgan fingerprint density at radius 1 is 0.600 bits per heavy atom. The van der Waals surface area contributed by atoms with E-state index in [1.165, 1.54) is 51.8 Å². The van der Waals surface area contributed by atoms with Crippen LogP contribution in [0.1, 0.15) is 128 Å². The molecule has 8 rings (SSSR count). The van der Waals surface area contributed by atoms with Crippen molar-refractivity contribution >= 4 is 18.0 Å². The maximum atomic E-state index is 12.5. The molecule has 1 amide bonds. The molecule has 1 aliphatic carbocycles. The smallest absolute Gasteiger partial charge is 0.408 e. The van der Waals surface area contributed by atoms with Crippen molar-refractivity contribution in [3.05, 3.63) is 121 Å². The molecule has 0 saturated carbocycles. The van der Waals surface area contributed by atoms with Crippen LogP contribution in [-0.4, -0.2) is 67.6 Å². The third-order valence-corrected chi connectivity index (χ3v) is 9.94. The molecule has 2 atom stereocenters. The average Bonchev–Trinajstić information content (AvgIpc) is 4.24. The van der Waals surface area contributed by atoms with Crippen LogP contribution in [0.25, 0.3) is 46.3 Å². The minimum absolute atomic E-state index is 0. The number of nitrogens with two attached hydrogens (primary N) is 1. The predicted octanol–water partition coefficient (Wildman–Crippen LogP) is 9.74. The number of ether oxygens (including phenoxy) is 3. The summed E-state index contributed by atoms with van der Waals surface area (Å²) < 4.78 is 47.1. The fraction of sp³-hybridized carbons (Fsp3) is 0.354. The van der Waals surface area contributed by atoms with Gasteiger partial charge in [-0.1, -0.05) is 107 Å². The van der Waals surface area contributed by atoms with E-state index >= 15 is 0 Å². The van der Waals surface area contributed by atoms with E-state index in [-0.39, 0.29) is 79.2 Å². The van der Waals surface area contributed by atoms with Gasteiger partial charge in [0.1, 0.15) is 50.2 Å². The summed E-state index contributed by atoms with van der Waals surface area (Å²) in [5.41, 5.74) is 8.40. The third-order valence-electron chi connectivity index (χ3n) is 9.94. The van der Waals surface area contributed by atoms with Crippen LogP contribution in [0.5, 0.6) is 0 Å². The average molecular weight is 1060 g/mol. The zero-order valence-electron chi connectivity index (χ0n) is 39.1. The quantitative estimate of drug-likeness (QED) is 0.0250. The molecule has 5 N–H and O–H groups in total. The number of methoxy groups -OCH3 is 2. The second-order valence-corrected chi connectivity index (χ2v) is 15.0. The number of aromatic nitrogens is 6. The molecule has 22 heteroatoms. The van der Waals surface area contributed by atoms with Gasteiger partial charge in [-0.05, 0) is 31.2 Å². The van der Waals surface area contributed by atoms with Gasteiger partial charge < -0.3 is 57.2 Å². The van der Waals surface area contributed by atoms with E-state index in [4.69, 9.17) is 37.0 Å². The summed E-state index contributed by atoms with van der Waals surface area (Å²) in [7, 11) is 2.51. The molecular weight excluding hydrogens is 1000 g/mol. The Kier molecular flexibility index (Phi) is 22.9. The maximum absolute atomic E-state index is 12.5. The van der Waals surface area contributed by atoms with Crippen LogP contribution in [0.3, 0.4) is 0 Å². The number of benzene rings is 1. The third kappa shape index (κ3) is 16.2. The number of nitrogens with zero attached hydrogens (tertiary/aromatic N) is 6. The molecule has 376 valence electrons.